The summed E-state index contributed by atoms with van der Waals surface area (Å²) < 4.78 is 19.0. The Morgan fingerprint density at radius 3 is 3.00 bits per heavy atom. The molecule has 0 saturated carbocycles. The van der Waals surface area contributed by atoms with Crippen LogP contribution in [0.15, 0.2) is 36.5 Å². The minimum atomic E-state index is -0.348. The molecule has 2 rings (SSSR count). The summed E-state index contributed by atoms with van der Waals surface area (Å²) in [6.45, 7) is 0.740. The van der Waals surface area contributed by atoms with E-state index in [0.717, 1.165) is 5.56 Å². The molecular formula is C15H14FN3O. The predicted octanol–water partition coefficient (Wildman–Crippen LogP) is 2.39. The molecule has 1 N–H and O–H groups in total. The maximum Gasteiger partial charge on any atom is 0.147 e. The van der Waals surface area contributed by atoms with Crippen molar-refractivity contribution in [3.8, 4) is 11.8 Å². The van der Waals surface area contributed by atoms with Gasteiger partial charge in [-0.1, -0.05) is 6.07 Å². The first-order chi connectivity index (χ1) is 9.72. The van der Waals surface area contributed by atoms with Crippen LogP contribution in [0.1, 0.15) is 16.8 Å². The number of nitrogens with one attached hydrogen (secondary N) is 1. The number of pyridine rings is 1. The van der Waals surface area contributed by atoms with Gasteiger partial charge in [0.25, 0.3) is 0 Å². The molecule has 0 fully saturated rings. The smallest absolute Gasteiger partial charge is 0.147 e. The lowest BCUT2D eigenvalue weighted by Crippen LogP contribution is -2.06. The molecule has 0 spiro atoms. The fourth-order valence-electron chi connectivity index (χ4n) is 1.83. The summed E-state index contributed by atoms with van der Waals surface area (Å²) >= 11 is 0. The van der Waals surface area contributed by atoms with Gasteiger partial charge in [0, 0.05) is 24.4 Å². The molecule has 0 amide bonds. The standard InChI is InChI=1S/C15H14FN3O/c1-18-9-11-5-13(16)7-14(6-11)20-10-12-3-2-4-19-15(12)8-17/h2-7,18H,9-10H2,1H3. The largest absolute Gasteiger partial charge is 0.489 e. The fraction of sp³-hybridized carbons (Fsp3) is 0.200. The highest BCUT2D eigenvalue weighted by Gasteiger charge is 2.05. The summed E-state index contributed by atoms with van der Waals surface area (Å²) in [6, 6.07) is 10.0. The van der Waals surface area contributed by atoms with E-state index in [1.54, 1.807) is 31.4 Å². The Bertz CT molecular complexity index is 637. The molecular weight excluding hydrogens is 257 g/mol. The predicted molar refractivity (Wildman–Crippen MR) is 72.4 cm³/mol. The number of nitrogens with zero attached hydrogens (tertiary/aromatic N) is 2. The Labute approximate surface area is 116 Å². The van der Waals surface area contributed by atoms with Gasteiger partial charge in [0.1, 0.15) is 29.9 Å². The number of rotatable bonds is 5. The van der Waals surface area contributed by atoms with Crippen LogP contribution in [0.4, 0.5) is 4.39 Å². The molecule has 0 aliphatic heterocycles. The van der Waals surface area contributed by atoms with Crippen molar-refractivity contribution in [1.82, 2.24) is 10.3 Å². The molecule has 20 heavy (non-hydrogen) atoms. The summed E-state index contributed by atoms with van der Waals surface area (Å²) in [5, 5.41) is 11.9. The van der Waals surface area contributed by atoms with Gasteiger partial charge in [0.15, 0.2) is 0 Å². The molecule has 1 aromatic carbocycles. The third kappa shape index (κ3) is 3.53. The van der Waals surface area contributed by atoms with Crippen molar-refractivity contribution in [2.45, 2.75) is 13.2 Å². The lowest BCUT2D eigenvalue weighted by molar-refractivity contribution is 0.303. The van der Waals surface area contributed by atoms with Crippen LogP contribution in [-0.4, -0.2) is 12.0 Å². The van der Waals surface area contributed by atoms with Crippen molar-refractivity contribution in [3.63, 3.8) is 0 Å². The first-order valence-corrected chi connectivity index (χ1v) is 6.14. The summed E-state index contributed by atoms with van der Waals surface area (Å²) in [7, 11) is 1.79. The van der Waals surface area contributed by atoms with Crippen LogP contribution < -0.4 is 10.1 Å². The van der Waals surface area contributed by atoms with Crippen molar-refractivity contribution in [1.29, 1.82) is 5.26 Å². The molecule has 0 bridgehead atoms. The third-order valence-corrected chi connectivity index (χ3v) is 2.70. The molecule has 1 aromatic heterocycles. The average Bonchev–Trinajstić information content (AvgIpc) is 2.45. The first-order valence-electron chi connectivity index (χ1n) is 6.14. The zero-order valence-electron chi connectivity index (χ0n) is 11.1. The number of nitriles is 1. The fourth-order valence-corrected chi connectivity index (χ4v) is 1.83. The zero-order valence-corrected chi connectivity index (χ0v) is 11.1. The number of ether oxygens (including phenoxy) is 1. The Kier molecular flexibility index (Phi) is 4.64. The Balaban J connectivity index is 2.13. The van der Waals surface area contributed by atoms with E-state index in [9.17, 15) is 4.39 Å². The monoisotopic (exact) mass is 271 g/mol. The number of hydrogen-bond donors (Lipinski definition) is 1. The van der Waals surface area contributed by atoms with E-state index >= 15 is 0 Å². The Hall–Kier alpha value is -2.45. The van der Waals surface area contributed by atoms with E-state index in [1.807, 2.05) is 6.07 Å². The first kappa shape index (κ1) is 14.0. The molecule has 1 heterocycles. The number of benzene rings is 1. The van der Waals surface area contributed by atoms with Gasteiger partial charge in [-0.15, -0.1) is 0 Å². The van der Waals surface area contributed by atoms with Crippen molar-refractivity contribution in [3.05, 3.63) is 59.2 Å². The van der Waals surface area contributed by atoms with Gasteiger partial charge in [-0.3, -0.25) is 0 Å². The molecule has 0 unspecified atom stereocenters. The lowest BCUT2D eigenvalue weighted by atomic mass is 10.2. The van der Waals surface area contributed by atoms with Gasteiger partial charge in [-0.2, -0.15) is 5.26 Å². The maximum absolute atomic E-state index is 13.4. The van der Waals surface area contributed by atoms with E-state index in [1.165, 1.54) is 12.1 Å². The van der Waals surface area contributed by atoms with E-state index in [0.29, 0.717) is 23.6 Å². The van der Waals surface area contributed by atoms with Crippen molar-refractivity contribution in [2.75, 3.05) is 7.05 Å². The second kappa shape index (κ2) is 6.64. The molecule has 4 nitrogen and oxygen atoms in total. The SMILES string of the molecule is CNCc1cc(F)cc(OCc2cccnc2C#N)c1. The second-order valence-electron chi connectivity index (χ2n) is 4.24. The third-order valence-electron chi connectivity index (χ3n) is 2.70. The van der Waals surface area contributed by atoms with Crippen LogP contribution in [0, 0.1) is 17.1 Å². The van der Waals surface area contributed by atoms with E-state index in [4.69, 9.17) is 10.00 Å². The number of hydrogen-bond acceptors (Lipinski definition) is 4. The van der Waals surface area contributed by atoms with Gasteiger partial charge in [-0.05, 0) is 30.8 Å². The van der Waals surface area contributed by atoms with E-state index < -0.39 is 0 Å². The average molecular weight is 271 g/mol. The van der Waals surface area contributed by atoms with Crippen LogP contribution in [0.5, 0.6) is 5.75 Å². The summed E-state index contributed by atoms with van der Waals surface area (Å²) in [5.74, 6) is 0.0856. The van der Waals surface area contributed by atoms with Crippen molar-refractivity contribution in [2.24, 2.45) is 0 Å². The minimum absolute atomic E-state index is 0.180. The molecule has 0 radical (unpaired) electrons. The highest BCUT2D eigenvalue weighted by molar-refractivity contribution is 5.32. The summed E-state index contributed by atoms with van der Waals surface area (Å²) in [4.78, 5) is 3.95. The van der Waals surface area contributed by atoms with Crippen LogP contribution >= 0.6 is 0 Å². The van der Waals surface area contributed by atoms with Crippen molar-refractivity contribution >= 4 is 0 Å². The van der Waals surface area contributed by atoms with Crippen LogP contribution in [-0.2, 0) is 13.2 Å². The highest BCUT2D eigenvalue weighted by Crippen LogP contribution is 2.18. The van der Waals surface area contributed by atoms with Gasteiger partial charge in [0.2, 0.25) is 0 Å². The number of halogens is 1. The molecule has 0 aliphatic rings. The van der Waals surface area contributed by atoms with Crippen molar-refractivity contribution < 1.29 is 9.13 Å². The Morgan fingerprint density at radius 1 is 1.40 bits per heavy atom. The number of aromatic nitrogens is 1. The van der Waals surface area contributed by atoms with Gasteiger partial charge in [0.05, 0.1) is 0 Å². The van der Waals surface area contributed by atoms with Crippen LogP contribution in [0.25, 0.3) is 0 Å². The maximum atomic E-state index is 13.4. The summed E-state index contributed by atoms with van der Waals surface area (Å²) in [5.41, 5.74) is 1.79. The summed E-state index contributed by atoms with van der Waals surface area (Å²) in [6.07, 6.45) is 1.55. The van der Waals surface area contributed by atoms with Gasteiger partial charge < -0.3 is 10.1 Å². The molecule has 0 saturated heterocycles. The molecule has 102 valence electrons. The van der Waals surface area contributed by atoms with Gasteiger partial charge >= 0.3 is 0 Å². The highest BCUT2D eigenvalue weighted by atomic mass is 19.1. The molecule has 2 aromatic rings. The van der Waals surface area contributed by atoms with Crippen LogP contribution in [0.3, 0.4) is 0 Å². The Morgan fingerprint density at radius 2 is 2.25 bits per heavy atom. The van der Waals surface area contributed by atoms with E-state index in [2.05, 4.69) is 10.3 Å². The topological polar surface area (TPSA) is 57.9 Å². The lowest BCUT2D eigenvalue weighted by Gasteiger charge is -2.09. The minimum Gasteiger partial charge on any atom is -0.489 e. The van der Waals surface area contributed by atoms with Crippen LogP contribution in [0.2, 0.25) is 0 Å². The second-order valence-corrected chi connectivity index (χ2v) is 4.24. The molecule has 0 aliphatic carbocycles. The quantitative estimate of drug-likeness (QED) is 0.907. The molecule has 5 heteroatoms. The molecule has 0 atom stereocenters. The normalized spacial score (nSPS) is 10.1. The van der Waals surface area contributed by atoms with E-state index in [-0.39, 0.29) is 12.4 Å². The van der Waals surface area contributed by atoms with Gasteiger partial charge in [-0.25, -0.2) is 9.37 Å². The zero-order chi connectivity index (χ0) is 14.4.